The van der Waals surface area contributed by atoms with Crippen LogP contribution in [-0.4, -0.2) is 46.6 Å². The van der Waals surface area contributed by atoms with Crippen molar-refractivity contribution in [1.82, 2.24) is 14.9 Å². The van der Waals surface area contributed by atoms with Crippen LogP contribution in [0.4, 0.5) is 4.39 Å². The number of hydrogen-bond donors (Lipinski definition) is 0. The average Bonchev–Trinajstić information content (AvgIpc) is 2.62. The van der Waals surface area contributed by atoms with E-state index in [1.54, 1.807) is 35.5 Å². The number of halogens is 1. The maximum Gasteiger partial charge on any atom is 0.316 e. The standard InChI is InChI=1S/C17H18FN3O3/c18-14-4-1-2-5-15(14)23-12-16(22)21-10-6-13(7-11-21)24-17-19-8-3-9-20-17/h1-5,8-9,13H,6-7,10-12H2. The molecule has 2 aromatic rings. The number of nitrogens with zero attached hydrogens (tertiary/aromatic N) is 3. The molecule has 1 aliphatic heterocycles. The predicted molar refractivity (Wildman–Crippen MR) is 84.2 cm³/mol. The van der Waals surface area contributed by atoms with E-state index in [4.69, 9.17) is 9.47 Å². The molecule has 126 valence electrons. The molecule has 0 radical (unpaired) electrons. The minimum absolute atomic E-state index is 0.0102. The number of hydrogen-bond acceptors (Lipinski definition) is 5. The van der Waals surface area contributed by atoms with Crippen LogP contribution in [0.1, 0.15) is 12.8 Å². The third-order valence-electron chi connectivity index (χ3n) is 3.80. The number of ether oxygens (including phenoxy) is 2. The quantitative estimate of drug-likeness (QED) is 0.839. The van der Waals surface area contributed by atoms with Gasteiger partial charge in [-0.3, -0.25) is 4.79 Å². The van der Waals surface area contributed by atoms with Gasteiger partial charge in [-0.15, -0.1) is 0 Å². The minimum Gasteiger partial charge on any atom is -0.481 e. The van der Waals surface area contributed by atoms with E-state index in [0.717, 1.165) is 0 Å². The molecule has 0 atom stereocenters. The van der Waals surface area contributed by atoms with Crippen LogP contribution in [0.15, 0.2) is 42.7 Å². The van der Waals surface area contributed by atoms with E-state index >= 15 is 0 Å². The lowest BCUT2D eigenvalue weighted by molar-refractivity contribution is -0.135. The highest BCUT2D eigenvalue weighted by molar-refractivity contribution is 5.77. The fourth-order valence-electron chi connectivity index (χ4n) is 2.51. The van der Waals surface area contributed by atoms with E-state index in [1.807, 2.05) is 0 Å². The molecule has 1 aliphatic rings. The number of likely N-dealkylation sites (tertiary alicyclic amines) is 1. The Kier molecular flexibility index (Phi) is 5.20. The maximum atomic E-state index is 13.5. The summed E-state index contributed by atoms with van der Waals surface area (Å²) in [6.45, 7) is 0.961. The second kappa shape index (κ2) is 7.72. The molecule has 0 unspecified atom stereocenters. The van der Waals surface area contributed by atoms with Crippen molar-refractivity contribution < 1.29 is 18.7 Å². The first-order chi connectivity index (χ1) is 11.7. The number of carbonyl (C=O) groups excluding carboxylic acids is 1. The fraction of sp³-hybridized carbons (Fsp3) is 0.353. The first-order valence-electron chi connectivity index (χ1n) is 7.81. The van der Waals surface area contributed by atoms with Crippen LogP contribution in [0.3, 0.4) is 0 Å². The summed E-state index contributed by atoms with van der Waals surface area (Å²) in [7, 11) is 0. The zero-order valence-corrected chi connectivity index (χ0v) is 13.1. The molecule has 1 amide bonds. The Bertz CT molecular complexity index is 676. The first kappa shape index (κ1) is 16.2. The van der Waals surface area contributed by atoms with Gasteiger partial charge in [0, 0.05) is 38.3 Å². The van der Waals surface area contributed by atoms with Crippen molar-refractivity contribution in [3.63, 3.8) is 0 Å². The average molecular weight is 331 g/mol. The molecule has 1 aromatic heterocycles. The number of amides is 1. The second-order valence-electron chi connectivity index (χ2n) is 5.45. The molecule has 0 aliphatic carbocycles. The van der Waals surface area contributed by atoms with Gasteiger partial charge in [0.15, 0.2) is 18.2 Å². The molecule has 0 saturated carbocycles. The summed E-state index contributed by atoms with van der Waals surface area (Å²) >= 11 is 0. The van der Waals surface area contributed by atoms with E-state index in [-0.39, 0.29) is 24.4 Å². The van der Waals surface area contributed by atoms with Crippen LogP contribution in [-0.2, 0) is 4.79 Å². The molecule has 7 heteroatoms. The van der Waals surface area contributed by atoms with Crippen molar-refractivity contribution in [3.05, 3.63) is 48.5 Å². The largest absolute Gasteiger partial charge is 0.481 e. The minimum atomic E-state index is -0.472. The lowest BCUT2D eigenvalue weighted by Gasteiger charge is -2.31. The SMILES string of the molecule is O=C(COc1ccccc1F)N1CCC(Oc2ncccn2)CC1. The van der Waals surface area contributed by atoms with Crippen molar-refractivity contribution in [2.45, 2.75) is 18.9 Å². The number of para-hydroxylation sites is 1. The lowest BCUT2D eigenvalue weighted by atomic mass is 10.1. The zero-order chi connectivity index (χ0) is 16.8. The first-order valence-corrected chi connectivity index (χ1v) is 7.81. The van der Waals surface area contributed by atoms with Gasteiger partial charge in [-0.05, 0) is 18.2 Å². The lowest BCUT2D eigenvalue weighted by Crippen LogP contribution is -2.43. The van der Waals surface area contributed by atoms with Gasteiger partial charge in [0.2, 0.25) is 0 Å². The van der Waals surface area contributed by atoms with E-state index in [2.05, 4.69) is 9.97 Å². The van der Waals surface area contributed by atoms with Crippen LogP contribution in [0.2, 0.25) is 0 Å². The van der Waals surface area contributed by atoms with Gasteiger partial charge in [-0.1, -0.05) is 12.1 Å². The van der Waals surface area contributed by atoms with Crippen molar-refractivity contribution >= 4 is 5.91 Å². The monoisotopic (exact) mass is 331 g/mol. The van der Waals surface area contributed by atoms with Gasteiger partial charge in [-0.25, -0.2) is 14.4 Å². The highest BCUT2D eigenvalue weighted by Gasteiger charge is 2.24. The number of carbonyl (C=O) groups is 1. The van der Waals surface area contributed by atoms with Crippen LogP contribution in [0, 0.1) is 5.82 Å². The highest BCUT2D eigenvalue weighted by Crippen LogP contribution is 2.17. The number of aromatic nitrogens is 2. The molecule has 1 saturated heterocycles. The number of piperidine rings is 1. The van der Waals surface area contributed by atoms with Crippen molar-refractivity contribution in [2.75, 3.05) is 19.7 Å². The molecule has 3 rings (SSSR count). The van der Waals surface area contributed by atoms with E-state index in [1.165, 1.54) is 12.1 Å². The van der Waals surface area contributed by atoms with Crippen molar-refractivity contribution in [2.24, 2.45) is 0 Å². The Morgan fingerprint density at radius 1 is 1.17 bits per heavy atom. The molecule has 6 nitrogen and oxygen atoms in total. The van der Waals surface area contributed by atoms with Gasteiger partial charge in [0.1, 0.15) is 6.10 Å². The molecule has 0 spiro atoms. The Morgan fingerprint density at radius 3 is 2.58 bits per heavy atom. The van der Waals surface area contributed by atoms with E-state index < -0.39 is 5.82 Å². The van der Waals surface area contributed by atoms with Gasteiger partial charge < -0.3 is 14.4 Å². The normalized spacial score (nSPS) is 15.1. The van der Waals surface area contributed by atoms with Gasteiger partial charge >= 0.3 is 6.01 Å². The van der Waals surface area contributed by atoms with Crippen molar-refractivity contribution in [3.8, 4) is 11.8 Å². The summed E-state index contributed by atoms with van der Waals surface area (Å²) < 4.78 is 24.4. The predicted octanol–water partition coefficient (Wildman–Crippen LogP) is 2.06. The fourth-order valence-corrected chi connectivity index (χ4v) is 2.51. The van der Waals surface area contributed by atoms with E-state index in [9.17, 15) is 9.18 Å². The summed E-state index contributed by atoms with van der Waals surface area (Å²) in [5.41, 5.74) is 0. The van der Waals surface area contributed by atoms with Crippen LogP contribution in [0.5, 0.6) is 11.8 Å². The summed E-state index contributed by atoms with van der Waals surface area (Å²) in [4.78, 5) is 21.9. The highest BCUT2D eigenvalue weighted by atomic mass is 19.1. The summed E-state index contributed by atoms with van der Waals surface area (Å²) in [6, 6.07) is 8.12. The van der Waals surface area contributed by atoms with Gasteiger partial charge in [0.25, 0.3) is 5.91 Å². The Balaban J connectivity index is 1.44. The smallest absolute Gasteiger partial charge is 0.316 e. The molecule has 2 heterocycles. The van der Waals surface area contributed by atoms with Crippen LogP contribution >= 0.6 is 0 Å². The Labute approximate surface area is 139 Å². The third kappa shape index (κ3) is 4.18. The third-order valence-corrected chi connectivity index (χ3v) is 3.80. The molecule has 0 N–H and O–H groups in total. The topological polar surface area (TPSA) is 64.5 Å². The van der Waals surface area contributed by atoms with Gasteiger partial charge in [-0.2, -0.15) is 0 Å². The number of rotatable bonds is 5. The summed E-state index contributed by atoms with van der Waals surface area (Å²) in [5, 5.41) is 0. The van der Waals surface area contributed by atoms with Gasteiger partial charge in [0.05, 0.1) is 0 Å². The zero-order valence-electron chi connectivity index (χ0n) is 13.1. The molecular weight excluding hydrogens is 313 g/mol. The van der Waals surface area contributed by atoms with Crippen LogP contribution in [0.25, 0.3) is 0 Å². The molecule has 0 bridgehead atoms. The molecule has 1 aromatic carbocycles. The Morgan fingerprint density at radius 2 is 1.88 bits per heavy atom. The van der Waals surface area contributed by atoms with Crippen molar-refractivity contribution in [1.29, 1.82) is 0 Å². The molecule has 24 heavy (non-hydrogen) atoms. The molecular formula is C17H18FN3O3. The maximum absolute atomic E-state index is 13.5. The number of benzene rings is 1. The summed E-state index contributed by atoms with van der Waals surface area (Å²) in [5.74, 6) is -0.543. The second-order valence-corrected chi connectivity index (χ2v) is 5.45. The van der Waals surface area contributed by atoms with Crippen LogP contribution < -0.4 is 9.47 Å². The Hall–Kier alpha value is -2.70. The molecule has 1 fully saturated rings. The van der Waals surface area contributed by atoms with E-state index in [0.29, 0.717) is 31.9 Å². The summed E-state index contributed by atoms with van der Waals surface area (Å²) in [6.07, 6.45) is 4.64.